The molecule has 0 unspecified atom stereocenters. The summed E-state index contributed by atoms with van der Waals surface area (Å²) >= 11 is 5.23. The standard InChI is InChI=1S/C16H11BrN2S/c1-10-3-2-4-11(7-10)13-9-19-14-6-5-12(17)8-15(14)20-16(19)18-13/h2-9H,1H3. The average Bonchev–Trinajstić information content (AvgIpc) is 2.95. The Morgan fingerprint density at radius 2 is 2.05 bits per heavy atom. The fourth-order valence-corrected chi connectivity index (χ4v) is 3.98. The normalized spacial score (nSPS) is 11.5. The van der Waals surface area contributed by atoms with E-state index >= 15 is 0 Å². The van der Waals surface area contributed by atoms with Crippen molar-refractivity contribution in [1.82, 2.24) is 9.38 Å². The molecule has 0 spiro atoms. The highest BCUT2D eigenvalue weighted by molar-refractivity contribution is 9.10. The minimum absolute atomic E-state index is 1.03. The highest BCUT2D eigenvalue weighted by Crippen LogP contribution is 2.31. The van der Waals surface area contributed by atoms with Crippen LogP contribution in [-0.4, -0.2) is 9.38 Å². The number of hydrogen-bond acceptors (Lipinski definition) is 2. The van der Waals surface area contributed by atoms with Crippen LogP contribution in [0.5, 0.6) is 0 Å². The summed E-state index contributed by atoms with van der Waals surface area (Å²) in [7, 11) is 0. The van der Waals surface area contributed by atoms with Gasteiger partial charge in [0.1, 0.15) is 0 Å². The Hall–Kier alpha value is -1.65. The van der Waals surface area contributed by atoms with Crippen LogP contribution in [-0.2, 0) is 0 Å². The Balaban J connectivity index is 1.95. The molecule has 0 N–H and O–H groups in total. The second kappa shape index (κ2) is 4.43. The molecule has 98 valence electrons. The van der Waals surface area contributed by atoms with E-state index in [0.717, 1.165) is 15.1 Å². The van der Waals surface area contributed by atoms with E-state index < -0.39 is 0 Å². The highest BCUT2D eigenvalue weighted by Gasteiger charge is 2.10. The minimum Gasteiger partial charge on any atom is -0.290 e. The molecule has 0 amide bonds. The lowest BCUT2D eigenvalue weighted by molar-refractivity contribution is 1.30. The number of halogens is 1. The molecule has 20 heavy (non-hydrogen) atoms. The maximum absolute atomic E-state index is 4.76. The second-order valence-corrected chi connectivity index (χ2v) is 6.79. The van der Waals surface area contributed by atoms with E-state index in [2.05, 4.69) is 75.9 Å². The molecule has 2 aromatic carbocycles. The Kier molecular flexibility index (Phi) is 2.69. The molecule has 0 aliphatic heterocycles. The first-order valence-electron chi connectivity index (χ1n) is 6.35. The molecule has 0 saturated carbocycles. The quantitative estimate of drug-likeness (QED) is 0.459. The fraction of sp³-hybridized carbons (Fsp3) is 0.0625. The van der Waals surface area contributed by atoms with Gasteiger partial charge in [0, 0.05) is 16.2 Å². The maximum atomic E-state index is 4.76. The summed E-state index contributed by atoms with van der Waals surface area (Å²) < 4.78 is 4.52. The molecule has 2 aromatic heterocycles. The number of imidazole rings is 1. The molecule has 2 heterocycles. The van der Waals surface area contributed by atoms with Gasteiger partial charge < -0.3 is 0 Å². The van der Waals surface area contributed by atoms with Crippen molar-refractivity contribution < 1.29 is 0 Å². The van der Waals surface area contributed by atoms with Gasteiger partial charge in [0.05, 0.1) is 15.9 Å². The number of thiazole rings is 1. The van der Waals surface area contributed by atoms with E-state index in [-0.39, 0.29) is 0 Å². The van der Waals surface area contributed by atoms with E-state index in [1.807, 2.05) is 0 Å². The molecule has 0 atom stereocenters. The average molecular weight is 343 g/mol. The summed E-state index contributed by atoms with van der Waals surface area (Å²) in [5, 5.41) is 0. The predicted molar refractivity (Wildman–Crippen MR) is 88.4 cm³/mol. The molecule has 0 aliphatic rings. The van der Waals surface area contributed by atoms with Gasteiger partial charge in [-0.25, -0.2) is 4.98 Å². The number of aromatic nitrogens is 2. The zero-order valence-corrected chi connectivity index (χ0v) is 13.2. The molecule has 0 saturated heterocycles. The zero-order chi connectivity index (χ0) is 13.7. The molecular formula is C16H11BrN2S. The van der Waals surface area contributed by atoms with Gasteiger partial charge in [-0.05, 0) is 31.2 Å². The third kappa shape index (κ3) is 1.87. The van der Waals surface area contributed by atoms with E-state index in [1.165, 1.54) is 21.3 Å². The third-order valence-corrected chi connectivity index (χ3v) is 4.88. The second-order valence-electron chi connectivity index (χ2n) is 4.86. The predicted octanol–water partition coefficient (Wildman–Crippen LogP) is 5.29. The van der Waals surface area contributed by atoms with Gasteiger partial charge in [-0.1, -0.05) is 51.0 Å². The summed E-state index contributed by atoms with van der Waals surface area (Å²) in [4.78, 5) is 5.79. The largest absolute Gasteiger partial charge is 0.290 e. The lowest BCUT2D eigenvalue weighted by atomic mass is 10.1. The molecule has 4 heteroatoms. The molecule has 0 radical (unpaired) electrons. The lowest BCUT2D eigenvalue weighted by Crippen LogP contribution is -1.79. The van der Waals surface area contributed by atoms with Crippen LogP contribution in [0.3, 0.4) is 0 Å². The SMILES string of the molecule is Cc1cccc(-c2cn3c(n2)sc2cc(Br)ccc23)c1. The van der Waals surface area contributed by atoms with Crippen LogP contribution in [0, 0.1) is 6.92 Å². The van der Waals surface area contributed by atoms with Crippen LogP contribution in [0.25, 0.3) is 26.4 Å². The van der Waals surface area contributed by atoms with Crippen LogP contribution in [0.4, 0.5) is 0 Å². The molecule has 0 bridgehead atoms. The topological polar surface area (TPSA) is 17.3 Å². The van der Waals surface area contributed by atoms with Crippen molar-refractivity contribution in [3.63, 3.8) is 0 Å². The first-order valence-corrected chi connectivity index (χ1v) is 7.96. The van der Waals surface area contributed by atoms with Crippen molar-refractivity contribution in [3.8, 4) is 11.3 Å². The Labute approximate surface area is 128 Å². The zero-order valence-electron chi connectivity index (χ0n) is 10.8. The molecule has 4 rings (SSSR count). The van der Waals surface area contributed by atoms with Gasteiger partial charge in [-0.15, -0.1) is 0 Å². The Bertz CT molecular complexity index is 936. The number of hydrogen-bond donors (Lipinski definition) is 0. The first-order chi connectivity index (χ1) is 9.70. The van der Waals surface area contributed by atoms with Gasteiger partial charge in [0.25, 0.3) is 0 Å². The van der Waals surface area contributed by atoms with Crippen LogP contribution in [0.1, 0.15) is 5.56 Å². The summed E-state index contributed by atoms with van der Waals surface area (Å²) in [6, 6.07) is 14.8. The van der Waals surface area contributed by atoms with Gasteiger partial charge >= 0.3 is 0 Å². The number of rotatable bonds is 1. The van der Waals surface area contributed by atoms with Crippen LogP contribution < -0.4 is 0 Å². The van der Waals surface area contributed by atoms with Crippen molar-refractivity contribution in [2.75, 3.05) is 0 Å². The van der Waals surface area contributed by atoms with Crippen LogP contribution >= 0.6 is 27.3 Å². The first kappa shape index (κ1) is 12.1. The molecule has 0 aliphatic carbocycles. The monoisotopic (exact) mass is 342 g/mol. The molecular weight excluding hydrogens is 332 g/mol. The van der Waals surface area contributed by atoms with Gasteiger partial charge in [0.2, 0.25) is 0 Å². The number of aryl methyl sites for hydroxylation is 1. The van der Waals surface area contributed by atoms with Crippen molar-refractivity contribution in [1.29, 1.82) is 0 Å². The minimum atomic E-state index is 1.03. The summed E-state index contributed by atoms with van der Waals surface area (Å²) in [5.41, 5.74) is 4.67. The van der Waals surface area contributed by atoms with Gasteiger partial charge in [-0.2, -0.15) is 0 Å². The fourth-order valence-electron chi connectivity index (χ4n) is 2.42. The van der Waals surface area contributed by atoms with E-state index in [1.54, 1.807) is 11.3 Å². The van der Waals surface area contributed by atoms with Crippen LogP contribution in [0.2, 0.25) is 0 Å². The molecule has 4 aromatic rings. The van der Waals surface area contributed by atoms with Gasteiger partial charge in [-0.3, -0.25) is 4.40 Å². The van der Waals surface area contributed by atoms with Crippen LogP contribution in [0.15, 0.2) is 53.1 Å². The third-order valence-electron chi connectivity index (χ3n) is 3.37. The maximum Gasteiger partial charge on any atom is 0.195 e. The van der Waals surface area contributed by atoms with Crippen molar-refractivity contribution in [2.24, 2.45) is 0 Å². The molecule has 0 fully saturated rings. The smallest absolute Gasteiger partial charge is 0.195 e. The summed E-state index contributed by atoms with van der Waals surface area (Å²) in [6.07, 6.45) is 2.12. The lowest BCUT2D eigenvalue weighted by Gasteiger charge is -1.97. The number of benzene rings is 2. The molecule has 2 nitrogen and oxygen atoms in total. The Morgan fingerprint density at radius 1 is 1.15 bits per heavy atom. The summed E-state index contributed by atoms with van der Waals surface area (Å²) in [6.45, 7) is 2.11. The Morgan fingerprint density at radius 3 is 2.90 bits per heavy atom. The van der Waals surface area contributed by atoms with Crippen molar-refractivity contribution in [3.05, 3.63) is 58.7 Å². The van der Waals surface area contributed by atoms with Gasteiger partial charge in [0.15, 0.2) is 4.96 Å². The number of fused-ring (bicyclic) bond motifs is 3. The summed E-state index contributed by atoms with van der Waals surface area (Å²) in [5.74, 6) is 0. The van der Waals surface area contributed by atoms with E-state index in [9.17, 15) is 0 Å². The van der Waals surface area contributed by atoms with E-state index in [0.29, 0.717) is 0 Å². The van der Waals surface area contributed by atoms with Crippen molar-refractivity contribution >= 4 is 42.4 Å². The van der Waals surface area contributed by atoms with Crippen molar-refractivity contribution in [2.45, 2.75) is 6.92 Å². The van der Waals surface area contributed by atoms with E-state index in [4.69, 9.17) is 4.98 Å². The highest BCUT2D eigenvalue weighted by atomic mass is 79.9. The number of nitrogens with zero attached hydrogens (tertiary/aromatic N) is 2.